The second kappa shape index (κ2) is 7.21. The van der Waals surface area contributed by atoms with E-state index in [1.54, 1.807) is 24.5 Å². The van der Waals surface area contributed by atoms with E-state index in [0.29, 0.717) is 17.0 Å². The van der Waals surface area contributed by atoms with Gasteiger partial charge in [-0.3, -0.25) is 9.78 Å². The predicted octanol–water partition coefficient (Wildman–Crippen LogP) is 3.96. The van der Waals surface area contributed by atoms with Gasteiger partial charge >= 0.3 is 0 Å². The maximum atomic E-state index is 12.7. The number of rotatable bonds is 4. The van der Waals surface area contributed by atoms with Crippen molar-refractivity contribution in [2.75, 3.05) is 0 Å². The number of nitrogens with one attached hydrogen (secondary N) is 1. The van der Waals surface area contributed by atoms with Crippen molar-refractivity contribution in [2.24, 2.45) is 5.10 Å². The normalized spacial score (nSPS) is 11.1. The number of nitrogens with zero attached hydrogens (tertiary/aromatic N) is 3. The Morgan fingerprint density at radius 1 is 1.11 bits per heavy atom. The number of hydrogen-bond donors (Lipinski definition) is 1. The Morgan fingerprint density at radius 3 is 2.70 bits per heavy atom. The highest BCUT2D eigenvalue weighted by atomic mass is 16.3. The minimum atomic E-state index is -0.316. The summed E-state index contributed by atoms with van der Waals surface area (Å²) in [5, 5.41) is 4.75. The molecule has 3 aromatic heterocycles. The molecule has 0 aliphatic carbocycles. The van der Waals surface area contributed by atoms with Gasteiger partial charge in [-0.1, -0.05) is 18.2 Å². The third-order valence-electron chi connectivity index (χ3n) is 4.06. The van der Waals surface area contributed by atoms with Crippen LogP contribution in [0, 0.1) is 6.92 Å². The number of benzene rings is 1. The van der Waals surface area contributed by atoms with E-state index in [1.165, 1.54) is 6.21 Å². The van der Waals surface area contributed by atoms with Gasteiger partial charge in [-0.2, -0.15) is 5.10 Å². The van der Waals surface area contributed by atoms with Crippen LogP contribution in [0.4, 0.5) is 0 Å². The molecule has 1 aromatic carbocycles. The number of hydrazone groups is 1. The maximum Gasteiger partial charge on any atom is 0.272 e. The van der Waals surface area contributed by atoms with Gasteiger partial charge in [0.25, 0.3) is 5.91 Å². The molecule has 1 amide bonds. The molecule has 27 heavy (non-hydrogen) atoms. The molecule has 0 spiro atoms. The second-order valence-corrected chi connectivity index (χ2v) is 5.96. The number of carbonyl (C=O) groups excluding carboxylic acids is 1. The van der Waals surface area contributed by atoms with Gasteiger partial charge in [-0.15, -0.1) is 0 Å². The van der Waals surface area contributed by atoms with E-state index >= 15 is 0 Å². The highest BCUT2D eigenvalue weighted by Crippen LogP contribution is 2.24. The molecule has 0 unspecified atom stereocenters. The van der Waals surface area contributed by atoms with Crippen molar-refractivity contribution < 1.29 is 9.21 Å². The third-order valence-corrected chi connectivity index (χ3v) is 4.06. The molecular weight excluding hydrogens is 340 g/mol. The Balaban J connectivity index is 1.69. The minimum Gasteiger partial charge on any atom is -0.460 e. The summed E-state index contributed by atoms with van der Waals surface area (Å²) in [5.41, 5.74) is 5.39. The fourth-order valence-corrected chi connectivity index (χ4v) is 2.77. The number of furan rings is 1. The zero-order valence-electron chi connectivity index (χ0n) is 14.6. The lowest BCUT2D eigenvalue weighted by molar-refractivity contribution is 0.0956. The van der Waals surface area contributed by atoms with Crippen LogP contribution in [0.3, 0.4) is 0 Å². The molecule has 0 aliphatic rings. The van der Waals surface area contributed by atoms with Crippen molar-refractivity contribution in [3.05, 3.63) is 84.1 Å². The average molecular weight is 356 g/mol. The fourth-order valence-electron chi connectivity index (χ4n) is 2.77. The highest BCUT2D eigenvalue weighted by molar-refractivity contribution is 6.07. The van der Waals surface area contributed by atoms with Crippen molar-refractivity contribution >= 4 is 23.0 Å². The second-order valence-electron chi connectivity index (χ2n) is 5.96. The van der Waals surface area contributed by atoms with Crippen LogP contribution in [-0.4, -0.2) is 22.1 Å². The van der Waals surface area contributed by atoms with Crippen molar-refractivity contribution in [1.82, 2.24) is 15.4 Å². The van der Waals surface area contributed by atoms with E-state index in [-0.39, 0.29) is 5.91 Å². The molecule has 0 fully saturated rings. The number of fused-ring (bicyclic) bond motifs is 1. The van der Waals surface area contributed by atoms with Gasteiger partial charge in [-0.05, 0) is 43.3 Å². The molecule has 0 saturated carbocycles. The van der Waals surface area contributed by atoms with Crippen LogP contribution in [0.2, 0.25) is 0 Å². The van der Waals surface area contributed by atoms with Crippen LogP contribution >= 0.6 is 0 Å². The summed E-state index contributed by atoms with van der Waals surface area (Å²) >= 11 is 0. The quantitative estimate of drug-likeness (QED) is 0.443. The molecule has 1 N–H and O–H groups in total. The Labute approximate surface area is 155 Å². The molecule has 4 rings (SSSR count). The van der Waals surface area contributed by atoms with Crippen LogP contribution in [0.5, 0.6) is 0 Å². The molecule has 0 bridgehead atoms. The monoisotopic (exact) mass is 356 g/mol. The van der Waals surface area contributed by atoms with E-state index in [0.717, 1.165) is 22.2 Å². The zero-order chi connectivity index (χ0) is 18.6. The molecule has 6 heteroatoms. The number of amides is 1. The fraction of sp³-hybridized carbons (Fsp3) is 0.0476. The van der Waals surface area contributed by atoms with Crippen LogP contribution < -0.4 is 5.43 Å². The average Bonchev–Trinajstić information content (AvgIpc) is 3.12. The minimum absolute atomic E-state index is 0.316. The van der Waals surface area contributed by atoms with Gasteiger partial charge < -0.3 is 4.42 Å². The number of pyridine rings is 2. The van der Waals surface area contributed by atoms with Gasteiger partial charge in [0.05, 0.1) is 23.0 Å². The van der Waals surface area contributed by atoms with Gasteiger partial charge in [0.15, 0.2) is 0 Å². The lowest BCUT2D eigenvalue weighted by Gasteiger charge is -2.08. The molecule has 0 atom stereocenters. The molecule has 6 nitrogen and oxygen atoms in total. The van der Waals surface area contributed by atoms with Crippen molar-refractivity contribution in [3.63, 3.8) is 0 Å². The Hall–Kier alpha value is -3.80. The summed E-state index contributed by atoms with van der Waals surface area (Å²) in [6.45, 7) is 1.85. The van der Waals surface area contributed by atoms with Crippen molar-refractivity contribution in [2.45, 2.75) is 6.92 Å². The Bertz CT molecular complexity index is 1130. The largest absolute Gasteiger partial charge is 0.460 e. The lowest BCUT2D eigenvalue weighted by Crippen LogP contribution is -2.18. The van der Waals surface area contributed by atoms with Crippen LogP contribution in [0.15, 0.2) is 76.5 Å². The zero-order valence-corrected chi connectivity index (χ0v) is 14.6. The standard InChI is InChI=1S/C21H16N4O2/c1-14-6-7-16(27-14)13-23-25-21(26)18-12-20(15-8-10-22-11-9-15)24-19-5-3-2-4-17(18)19/h2-13H,1H3,(H,25,26)/b23-13-. The van der Waals surface area contributed by atoms with Gasteiger partial charge in [0, 0.05) is 23.3 Å². The van der Waals surface area contributed by atoms with E-state index in [1.807, 2.05) is 49.4 Å². The topological polar surface area (TPSA) is 80.4 Å². The van der Waals surface area contributed by atoms with Gasteiger partial charge in [-0.25, -0.2) is 10.4 Å². The van der Waals surface area contributed by atoms with Gasteiger partial charge in [0.2, 0.25) is 0 Å². The van der Waals surface area contributed by atoms with E-state index in [9.17, 15) is 4.79 Å². The third kappa shape index (κ3) is 3.59. The number of carbonyl (C=O) groups is 1. The summed E-state index contributed by atoms with van der Waals surface area (Å²) in [5.74, 6) is 1.04. The first-order chi connectivity index (χ1) is 13.2. The molecule has 3 heterocycles. The van der Waals surface area contributed by atoms with E-state index in [2.05, 4.69) is 20.5 Å². The molecule has 132 valence electrons. The summed E-state index contributed by atoms with van der Waals surface area (Å²) in [7, 11) is 0. The number of aromatic nitrogens is 2. The molecule has 0 radical (unpaired) electrons. The predicted molar refractivity (Wildman–Crippen MR) is 103 cm³/mol. The first kappa shape index (κ1) is 16.7. The Morgan fingerprint density at radius 2 is 1.93 bits per heavy atom. The van der Waals surface area contributed by atoms with E-state index in [4.69, 9.17) is 4.42 Å². The first-order valence-corrected chi connectivity index (χ1v) is 8.41. The maximum absolute atomic E-state index is 12.7. The summed E-state index contributed by atoms with van der Waals surface area (Å²) in [4.78, 5) is 21.4. The van der Waals surface area contributed by atoms with Crippen LogP contribution in [-0.2, 0) is 0 Å². The van der Waals surface area contributed by atoms with Crippen LogP contribution in [0.25, 0.3) is 22.2 Å². The summed E-state index contributed by atoms with van der Waals surface area (Å²) < 4.78 is 5.40. The van der Waals surface area contributed by atoms with Crippen LogP contribution in [0.1, 0.15) is 21.9 Å². The smallest absolute Gasteiger partial charge is 0.272 e. The summed E-state index contributed by atoms with van der Waals surface area (Å²) in [6.07, 6.45) is 4.86. The SMILES string of the molecule is Cc1ccc(/C=N\NC(=O)c2cc(-c3ccncc3)nc3ccccc23)o1. The molecule has 0 aliphatic heterocycles. The molecular formula is C21H16N4O2. The van der Waals surface area contributed by atoms with E-state index < -0.39 is 0 Å². The first-order valence-electron chi connectivity index (χ1n) is 8.41. The number of para-hydroxylation sites is 1. The number of aryl methyl sites for hydroxylation is 1. The lowest BCUT2D eigenvalue weighted by atomic mass is 10.0. The Kier molecular flexibility index (Phi) is 4.45. The van der Waals surface area contributed by atoms with Crippen molar-refractivity contribution in [1.29, 1.82) is 0 Å². The number of hydrogen-bond acceptors (Lipinski definition) is 5. The highest BCUT2D eigenvalue weighted by Gasteiger charge is 2.13. The molecule has 4 aromatic rings. The van der Waals surface area contributed by atoms with Gasteiger partial charge in [0.1, 0.15) is 11.5 Å². The molecule has 0 saturated heterocycles. The summed E-state index contributed by atoms with van der Waals surface area (Å²) in [6, 6.07) is 16.6. The van der Waals surface area contributed by atoms with Crippen molar-refractivity contribution in [3.8, 4) is 11.3 Å².